The Morgan fingerprint density at radius 3 is 2.56 bits per heavy atom. The number of halogens is 1. The van der Waals surface area contributed by atoms with Crippen LogP contribution in [0.3, 0.4) is 0 Å². The van der Waals surface area contributed by atoms with Crippen LogP contribution >= 0.6 is 0 Å². The highest BCUT2D eigenvalue weighted by Gasteiger charge is 2.20. The van der Waals surface area contributed by atoms with Gasteiger partial charge < -0.3 is 0 Å². The van der Waals surface area contributed by atoms with Gasteiger partial charge in [-0.25, -0.2) is 4.98 Å². The maximum Gasteiger partial charge on any atom is 0.302 e. The van der Waals surface area contributed by atoms with Crippen LogP contribution in [0.5, 0.6) is 0 Å². The van der Waals surface area contributed by atoms with Gasteiger partial charge in [0.25, 0.3) is 0 Å². The van der Waals surface area contributed by atoms with E-state index >= 15 is 0 Å². The van der Waals surface area contributed by atoms with Gasteiger partial charge in [0, 0.05) is 13.1 Å². The van der Waals surface area contributed by atoms with Crippen molar-refractivity contribution in [2.45, 2.75) is 19.9 Å². The van der Waals surface area contributed by atoms with E-state index in [2.05, 4.69) is 9.71 Å². The van der Waals surface area contributed by atoms with Crippen LogP contribution in [-0.4, -0.2) is 30.8 Å². The zero-order valence-electron chi connectivity index (χ0n) is 9.31. The molecule has 0 bridgehead atoms. The van der Waals surface area contributed by atoms with Crippen molar-refractivity contribution in [3.05, 3.63) is 24.1 Å². The van der Waals surface area contributed by atoms with Crippen LogP contribution in [-0.2, 0) is 10.2 Å². The molecule has 0 amide bonds. The number of pyridine rings is 1. The maximum absolute atomic E-state index is 12.7. The smallest absolute Gasteiger partial charge is 0.254 e. The van der Waals surface area contributed by atoms with E-state index in [1.54, 1.807) is 13.8 Å². The Kier molecular flexibility index (Phi) is 3.82. The summed E-state index contributed by atoms with van der Waals surface area (Å²) in [5, 5.41) is 0. The Hall–Kier alpha value is -1.21. The van der Waals surface area contributed by atoms with Gasteiger partial charge in [0.1, 0.15) is 5.82 Å². The predicted molar refractivity (Wildman–Crippen MR) is 59.6 cm³/mol. The molecule has 0 saturated carbocycles. The van der Waals surface area contributed by atoms with Crippen molar-refractivity contribution < 1.29 is 12.8 Å². The fourth-order valence-electron chi connectivity index (χ4n) is 0.947. The summed E-state index contributed by atoms with van der Waals surface area (Å²) in [6, 6.07) is 3.72. The molecule has 0 unspecified atom stereocenters. The van der Waals surface area contributed by atoms with Crippen molar-refractivity contribution >= 4 is 16.0 Å². The average Bonchev–Trinajstić information content (AvgIpc) is 2.15. The molecule has 1 N–H and O–H groups in total. The quantitative estimate of drug-likeness (QED) is 0.814. The van der Waals surface area contributed by atoms with Gasteiger partial charge in [-0.3, -0.25) is 4.72 Å². The molecule has 0 aliphatic carbocycles. The Morgan fingerprint density at radius 1 is 1.44 bits per heavy atom. The molecule has 1 aromatic heterocycles. The predicted octanol–water partition coefficient (Wildman–Crippen LogP) is 1.22. The summed E-state index contributed by atoms with van der Waals surface area (Å²) >= 11 is 0. The summed E-state index contributed by atoms with van der Waals surface area (Å²) in [5.41, 5.74) is 0. The van der Waals surface area contributed by atoms with Gasteiger partial charge >= 0.3 is 10.2 Å². The minimum Gasteiger partial charge on any atom is -0.254 e. The Labute approximate surface area is 94.5 Å². The van der Waals surface area contributed by atoms with Crippen LogP contribution in [0.2, 0.25) is 0 Å². The first-order chi connectivity index (χ1) is 7.33. The van der Waals surface area contributed by atoms with Crippen molar-refractivity contribution in [1.29, 1.82) is 0 Å². The summed E-state index contributed by atoms with van der Waals surface area (Å²) < 4.78 is 39.5. The number of rotatable bonds is 4. The van der Waals surface area contributed by atoms with E-state index in [-0.39, 0.29) is 11.9 Å². The molecule has 1 aromatic rings. The van der Waals surface area contributed by atoms with Gasteiger partial charge in [0.2, 0.25) is 5.95 Å². The molecule has 90 valence electrons. The van der Waals surface area contributed by atoms with Crippen LogP contribution in [0, 0.1) is 5.95 Å². The van der Waals surface area contributed by atoms with Crippen molar-refractivity contribution in [1.82, 2.24) is 9.29 Å². The third-order valence-electron chi connectivity index (χ3n) is 2.05. The second kappa shape index (κ2) is 4.75. The molecule has 0 aromatic carbocycles. The number of hydrogen-bond acceptors (Lipinski definition) is 3. The van der Waals surface area contributed by atoms with Gasteiger partial charge in [-0.15, -0.1) is 0 Å². The lowest BCUT2D eigenvalue weighted by atomic mass is 10.4. The second-order valence-electron chi connectivity index (χ2n) is 3.56. The van der Waals surface area contributed by atoms with Crippen molar-refractivity contribution in [2.75, 3.05) is 11.8 Å². The Bertz CT molecular complexity index is 462. The standard InChI is InChI=1S/C9H14FN3O2S/c1-7(2)13(3)16(14,15)12-9-6-4-5-8(10)11-9/h4-7H,1-3H3,(H,11,12). The van der Waals surface area contributed by atoms with Gasteiger partial charge in [-0.1, -0.05) is 6.07 Å². The monoisotopic (exact) mass is 247 g/mol. The van der Waals surface area contributed by atoms with E-state index in [1.807, 2.05) is 0 Å². The lowest BCUT2D eigenvalue weighted by Crippen LogP contribution is -2.37. The van der Waals surface area contributed by atoms with E-state index in [9.17, 15) is 12.8 Å². The number of nitrogens with one attached hydrogen (secondary N) is 1. The molecule has 0 atom stereocenters. The van der Waals surface area contributed by atoms with Crippen molar-refractivity contribution in [3.63, 3.8) is 0 Å². The highest BCUT2D eigenvalue weighted by atomic mass is 32.2. The van der Waals surface area contributed by atoms with E-state index in [1.165, 1.54) is 19.2 Å². The molecule has 0 radical (unpaired) electrons. The van der Waals surface area contributed by atoms with Crippen LogP contribution < -0.4 is 4.72 Å². The number of hydrogen-bond donors (Lipinski definition) is 1. The van der Waals surface area contributed by atoms with Crippen molar-refractivity contribution in [2.24, 2.45) is 0 Å². The molecule has 16 heavy (non-hydrogen) atoms. The van der Waals surface area contributed by atoms with E-state index in [0.29, 0.717) is 0 Å². The van der Waals surface area contributed by atoms with Crippen molar-refractivity contribution in [3.8, 4) is 0 Å². The summed E-state index contributed by atoms with van der Waals surface area (Å²) in [6.45, 7) is 3.47. The molecule has 7 heteroatoms. The highest BCUT2D eigenvalue weighted by molar-refractivity contribution is 7.90. The third kappa shape index (κ3) is 3.14. The van der Waals surface area contributed by atoms with Crippen LogP contribution in [0.15, 0.2) is 18.2 Å². The molecule has 0 saturated heterocycles. The Balaban J connectivity index is 2.89. The number of aromatic nitrogens is 1. The largest absolute Gasteiger partial charge is 0.302 e. The fraction of sp³-hybridized carbons (Fsp3) is 0.444. The third-order valence-corrected chi connectivity index (χ3v) is 3.70. The van der Waals surface area contributed by atoms with Gasteiger partial charge in [0.05, 0.1) is 0 Å². The minimum atomic E-state index is -3.68. The normalized spacial score (nSPS) is 12.1. The first-order valence-corrected chi connectivity index (χ1v) is 6.15. The molecule has 1 heterocycles. The zero-order chi connectivity index (χ0) is 12.3. The average molecular weight is 247 g/mol. The first-order valence-electron chi connectivity index (χ1n) is 4.71. The SMILES string of the molecule is CC(C)N(C)S(=O)(=O)Nc1cccc(F)n1. The lowest BCUT2D eigenvalue weighted by molar-refractivity contribution is 0.414. The number of anilines is 1. The van der Waals surface area contributed by atoms with E-state index in [0.717, 1.165) is 10.4 Å². The lowest BCUT2D eigenvalue weighted by Gasteiger charge is -2.21. The molecular weight excluding hydrogens is 233 g/mol. The molecule has 0 spiro atoms. The van der Waals surface area contributed by atoms with Crippen LogP contribution in [0.4, 0.5) is 10.2 Å². The molecule has 0 aliphatic rings. The summed E-state index contributed by atoms with van der Waals surface area (Å²) in [4.78, 5) is 3.42. The molecular formula is C9H14FN3O2S. The maximum atomic E-state index is 12.7. The van der Waals surface area contributed by atoms with Gasteiger partial charge in [-0.2, -0.15) is 17.1 Å². The molecule has 0 aliphatic heterocycles. The minimum absolute atomic E-state index is 0.0347. The summed E-state index contributed by atoms with van der Waals surface area (Å²) in [6.07, 6.45) is 0. The topological polar surface area (TPSA) is 62.3 Å². The summed E-state index contributed by atoms with van der Waals surface area (Å²) in [5.74, 6) is -0.764. The van der Waals surface area contributed by atoms with E-state index in [4.69, 9.17) is 0 Å². The second-order valence-corrected chi connectivity index (χ2v) is 5.29. The van der Waals surface area contributed by atoms with Crippen LogP contribution in [0.1, 0.15) is 13.8 Å². The Morgan fingerprint density at radius 2 is 2.06 bits per heavy atom. The summed E-state index contributed by atoms with van der Waals surface area (Å²) in [7, 11) is -2.24. The first kappa shape index (κ1) is 12.9. The number of nitrogens with zero attached hydrogens (tertiary/aromatic N) is 2. The molecule has 5 nitrogen and oxygen atoms in total. The van der Waals surface area contributed by atoms with Gasteiger partial charge in [-0.05, 0) is 26.0 Å². The molecule has 1 rings (SSSR count). The fourth-order valence-corrected chi connectivity index (χ4v) is 2.02. The van der Waals surface area contributed by atoms with E-state index < -0.39 is 16.2 Å². The van der Waals surface area contributed by atoms with Crippen LogP contribution in [0.25, 0.3) is 0 Å². The highest BCUT2D eigenvalue weighted by Crippen LogP contribution is 2.10. The van der Waals surface area contributed by atoms with Gasteiger partial charge in [0.15, 0.2) is 0 Å². The molecule has 0 fully saturated rings. The zero-order valence-corrected chi connectivity index (χ0v) is 10.1.